The second kappa shape index (κ2) is 10.8. The molecule has 2 aliphatic heterocycles. The van der Waals surface area contributed by atoms with Gasteiger partial charge >= 0.3 is 0 Å². The van der Waals surface area contributed by atoms with Gasteiger partial charge in [-0.3, -0.25) is 9.44 Å². The molecule has 2 aliphatic rings. The van der Waals surface area contributed by atoms with Gasteiger partial charge in [-0.2, -0.15) is 10.0 Å². The van der Waals surface area contributed by atoms with Crippen LogP contribution < -0.4 is 24.4 Å². The largest absolute Gasteiger partial charge is 0.497 e. The number of nitrogens with zero attached hydrogens (tertiary/aromatic N) is 1. The summed E-state index contributed by atoms with van der Waals surface area (Å²) in [7, 11) is -6.81. The first-order valence-electron chi connectivity index (χ1n) is 11.6. The number of fused-ring (bicyclic) bond motifs is 1. The molecule has 0 fully saturated rings. The lowest BCUT2D eigenvalue weighted by atomic mass is 10.2. The number of nitrogens with one attached hydrogen (secondary N) is 3. The van der Waals surface area contributed by atoms with Gasteiger partial charge in [-0.1, -0.05) is 29.3 Å². The zero-order valence-electron chi connectivity index (χ0n) is 21.1. The molecule has 0 radical (unpaired) electrons. The van der Waals surface area contributed by atoms with E-state index in [1.165, 1.54) is 48.7 Å². The number of rotatable bonds is 9. The number of sulfonamides is 2. The second-order valence-corrected chi connectivity index (χ2v) is 12.3. The van der Waals surface area contributed by atoms with Crippen molar-refractivity contribution in [2.75, 3.05) is 16.6 Å². The van der Waals surface area contributed by atoms with Crippen LogP contribution in [0.4, 0.5) is 11.4 Å². The molecule has 0 spiro atoms. The van der Waals surface area contributed by atoms with Gasteiger partial charge in [-0.15, -0.1) is 0 Å². The van der Waals surface area contributed by atoms with Crippen molar-refractivity contribution in [3.8, 4) is 17.2 Å². The highest BCUT2D eigenvalue weighted by Crippen LogP contribution is 2.37. The first-order chi connectivity index (χ1) is 19.1. The third kappa shape index (κ3) is 5.72. The second-order valence-electron chi connectivity index (χ2n) is 8.56. The van der Waals surface area contributed by atoms with Gasteiger partial charge in [0, 0.05) is 6.07 Å². The van der Waals surface area contributed by atoms with Gasteiger partial charge in [0.2, 0.25) is 0 Å². The van der Waals surface area contributed by atoms with Gasteiger partial charge in [-0.25, -0.2) is 22.3 Å². The van der Waals surface area contributed by atoms with E-state index in [9.17, 15) is 16.8 Å². The molecule has 0 unspecified atom stereocenters. The molecule has 5 rings (SSSR count). The molecule has 40 heavy (non-hydrogen) atoms. The fraction of sp³-hybridized carbons (Fsp3) is 0.0769. The number of ether oxygens (including phenoxy) is 2. The van der Waals surface area contributed by atoms with Crippen LogP contribution in [-0.4, -0.2) is 29.0 Å². The molecule has 2 heterocycles. The average molecular weight is 603 g/mol. The lowest BCUT2D eigenvalue weighted by Crippen LogP contribution is -2.26. The van der Waals surface area contributed by atoms with E-state index in [0.29, 0.717) is 11.5 Å². The number of hydroxylamine groups is 3. The van der Waals surface area contributed by atoms with Crippen LogP contribution in [0.3, 0.4) is 0 Å². The number of hydrogen-bond donors (Lipinski definition) is 3. The average Bonchev–Trinajstić information content (AvgIpc) is 3.41. The summed E-state index contributed by atoms with van der Waals surface area (Å²) in [4.78, 5) is 4.96. The number of hydrogen-bond acceptors (Lipinski definition) is 9. The van der Waals surface area contributed by atoms with Gasteiger partial charge in [0.1, 0.15) is 33.0 Å². The smallest absolute Gasteiger partial charge is 0.264 e. The summed E-state index contributed by atoms with van der Waals surface area (Å²) in [5.74, 6) is 1.34. The maximum atomic E-state index is 13.4. The van der Waals surface area contributed by atoms with Crippen molar-refractivity contribution in [2.45, 2.75) is 11.8 Å². The van der Waals surface area contributed by atoms with E-state index in [4.69, 9.17) is 26.0 Å². The van der Waals surface area contributed by atoms with E-state index in [0.717, 1.165) is 10.6 Å². The van der Waals surface area contributed by atoms with Crippen molar-refractivity contribution in [2.24, 2.45) is 0 Å². The van der Waals surface area contributed by atoms with Gasteiger partial charge in [0.15, 0.2) is 0 Å². The Morgan fingerprint density at radius 2 is 1.48 bits per heavy atom. The first kappa shape index (κ1) is 27.4. The Morgan fingerprint density at radius 1 is 0.825 bits per heavy atom. The Labute approximate surface area is 236 Å². The van der Waals surface area contributed by atoms with E-state index in [-0.39, 0.29) is 37.8 Å². The Kier molecular flexibility index (Phi) is 7.38. The topological polar surface area (TPSA) is 135 Å². The summed E-state index contributed by atoms with van der Waals surface area (Å²) in [5.41, 5.74) is 3.37. The van der Waals surface area contributed by atoms with Crippen molar-refractivity contribution >= 4 is 43.0 Å². The number of halogens is 1. The van der Waals surface area contributed by atoms with Crippen LogP contribution >= 0.6 is 11.6 Å². The number of methoxy groups -OCH3 is 1. The Morgan fingerprint density at radius 3 is 2.17 bits per heavy atom. The molecular weight excluding hydrogens is 580 g/mol. The summed E-state index contributed by atoms with van der Waals surface area (Å²) in [6, 6.07) is 17.3. The normalized spacial score (nSPS) is 14.8. The van der Waals surface area contributed by atoms with Gasteiger partial charge in [-0.05, 0) is 67.6 Å². The predicted octanol–water partition coefficient (Wildman–Crippen LogP) is 4.91. The molecule has 208 valence electrons. The number of benzene rings is 3. The third-order valence-corrected chi connectivity index (χ3v) is 8.85. The molecule has 0 saturated heterocycles. The van der Waals surface area contributed by atoms with Gasteiger partial charge in [0.05, 0.1) is 29.6 Å². The number of aryl methyl sites for hydroxylation is 1. The summed E-state index contributed by atoms with van der Waals surface area (Å²) in [6.07, 6.45) is 3.99. The molecule has 0 aromatic heterocycles. The fourth-order valence-corrected chi connectivity index (χ4v) is 6.26. The quantitative estimate of drug-likeness (QED) is 0.292. The van der Waals surface area contributed by atoms with Crippen molar-refractivity contribution in [3.05, 3.63) is 106 Å². The standard InChI is InChI=1S/C26H23ClN4O7S2/c1-17-3-10-21(11-4-17)39(32,33)30-23-15-20(37-19-7-5-18(36-2)6-8-19)9-12-22(23)29-40(34,35)25-13-14-26(27)31-24(25)16-28-38-31/h3-16,28-30H,1-2H3. The van der Waals surface area contributed by atoms with Crippen molar-refractivity contribution in [1.29, 1.82) is 0 Å². The zero-order valence-corrected chi connectivity index (χ0v) is 23.5. The van der Waals surface area contributed by atoms with Gasteiger partial charge in [0.25, 0.3) is 20.0 Å². The van der Waals surface area contributed by atoms with Crippen LogP contribution in [0, 0.1) is 6.92 Å². The minimum absolute atomic E-state index is 0.00173. The highest BCUT2D eigenvalue weighted by molar-refractivity contribution is 7.96. The Balaban J connectivity index is 1.51. The molecule has 0 atom stereocenters. The summed E-state index contributed by atoms with van der Waals surface area (Å²) >= 11 is 6.08. The van der Waals surface area contributed by atoms with E-state index < -0.39 is 20.0 Å². The molecule has 3 aromatic carbocycles. The van der Waals surface area contributed by atoms with Crippen molar-refractivity contribution in [1.82, 2.24) is 10.5 Å². The van der Waals surface area contributed by atoms with E-state index in [2.05, 4.69) is 14.9 Å². The molecule has 0 aliphatic carbocycles. The molecule has 0 amide bonds. The van der Waals surface area contributed by atoms with Crippen LogP contribution in [-0.2, 0) is 25.0 Å². The summed E-state index contributed by atoms with van der Waals surface area (Å²) in [6.45, 7) is 1.83. The summed E-state index contributed by atoms with van der Waals surface area (Å²) in [5, 5.41) is 1.24. The minimum atomic E-state index is -4.25. The molecule has 3 aromatic rings. The van der Waals surface area contributed by atoms with Crippen LogP contribution in [0.25, 0.3) is 0 Å². The summed E-state index contributed by atoms with van der Waals surface area (Å²) < 4.78 is 69.3. The monoisotopic (exact) mass is 602 g/mol. The van der Waals surface area contributed by atoms with Crippen LogP contribution in [0.5, 0.6) is 17.2 Å². The minimum Gasteiger partial charge on any atom is -0.497 e. The van der Waals surface area contributed by atoms with Gasteiger partial charge < -0.3 is 9.47 Å². The van der Waals surface area contributed by atoms with Crippen LogP contribution in [0.1, 0.15) is 5.56 Å². The highest BCUT2D eigenvalue weighted by Gasteiger charge is 2.34. The maximum absolute atomic E-state index is 13.4. The fourth-order valence-electron chi connectivity index (χ4n) is 3.76. The number of anilines is 2. The van der Waals surface area contributed by atoms with E-state index in [1.807, 2.05) is 6.92 Å². The zero-order chi connectivity index (χ0) is 28.5. The van der Waals surface area contributed by atoms with E-state index >= 15 is 0 Å². The Bertz CT molecular complexity index is 1750. The Hall–Kier alpha value is -4.17. The van der Waals surface area contributed by atoms with Crippen molar-refractivity contribution in [3.63, 3.8) is 0 Å². The molecule has 0 saturated carbocycles. The molecule has 11 nitrogen and oxygen atoms in total. The van der Waals surface area contributed by atoms with Crippen LogP contribution in [0.2, 0.25) is 0 Å². The highest BCUT2D eigenvalue weighted by atomic mass is 35.5. The number of allylic oxidation sites excluding steroid dienone is 2. The lowest BCUT2D eigenvalue weighted by molar-refractivity contribution is -0.117. The molecular formula is C26H23ClN4O7S2. The third-order valence-electron chi connectivity index (χ3n) is 5.77. The predicted molar refractivity (Wildman–Crippen MR) is 150 cm³/mol. The van der Waals surface area contributed by atoms with Crippen LogP contribution in [0.15, 0.2) is 106 Å². The lowest BCUT2D eigenvalue weighted by Gasteiger charge is -2.23. The SMILES string of the molecule is COc1ccc(Oc2ccc(NS(=O)(=O)C3=CC=C(Cl)N4ONC=C34)c(NS(=O)(=O)c3ccc(C)cc3)c2)cc1. The first-order valence-corrected chi connectivity index (χ1v) is 15.0. The van der Waals surface area contributed by atoms with E-state index in [1.54, 1.807) is 43.5 Å². The maximum Gasteiger partial charge on any atom is 0.264 e. The molecule has 0 bridgehead atoms. The van der Waals surface area contributed by atoms with Crippen molar-refractivity contribution < 1.29 is 31.2 Å². The molecule has 14 heteroatoms. The molecule has 3 N–H and O–H groups in total.